The zero-order valence-corrected chi connectivity index (χ0v) is 9.28. The van der Waals surface area contributed by atoms with Crippen molar-refractivity contribution in [3.05, 3.63) is 33.8 Å². The monoisotopic (exact) mass is 217 g/mol. The molecule has 0 saturated carbocycles. The molecule has 0 spiro atoms. The van der Waals surface area contributed by atoms with Crippen molar-refractivity contribution < 1.29 is 0 Å². The van der Waals surface area contributed by atoms with E-state index in [1.165, 1.54) is 0 Å². The van der Waals surface area contributed by atoms with Gasteiger partial charge in [-0.3, -0.25) is 0 Å². The second-order valence-corrected chi connectivity index (χ2v) is 3.79. The van der Waals surface area contributed by atoms with Gasteiger partial charge in [0.2, 0.25) is 0 Å². The number of hydrogen-bond acceptors (Lipinski definition) is 1. The highest BCUT2D eigenvalue weighted by molar-refractivity contribution is 6.35. The Bertz CT molecular complexity index is 286. The van der Waals surface area contributed by atoms with Gasteiger partial charge in [-0.2, -0.15) is 0 Å². The van der Waals surface area contributed by atoms with Gasteiger partial charge in [0.15, 0.2) is 0 Å². The highest BCUT2D eigenvalue weighted by Crippen LogP contribution is 2.25. The molecule has 0 fully saturated rings. The first-order valence-electron chi connectivity index (χ1n) is 4.33. The molecule has 1 aromatic carbocycles. The molecular weight excluding hydrogens is 205 g/mol. The minimum atomic E-state index is 0.273. The van der Waals surface area contributed by atoms with E-state index in [9.17, 15) is 0 Å². The normalized spacial score (nSPS) is 12.9. The van der Waals surface area contributed by atoms with E-state index in [0.29, 0.717) is 5.02 Å². The molecule has 3 heteroatoms. The number of nitrogens with one attached hydrogen (secondary N) is 1. The molecule has 0 heterocycles. The Morgan fingerprint density at radius 3 is 2.62 bits per heavy atom. The van der Waals surface area contributed by atoms with Crippen LogP contribution in [0.3, 0.4) is 0 Å². The molecule has 0 aromatic heterocycles. The molecule has 0 bridgehead atoms. The molecule has 0 aliphatic heterocycles. The first-order chi connectivity index (χ1) is 6.15. The van der Waals surface area contributed by atoms with Gasteiger partial charge < -0.3 is 5.32 Å². The van der Waals surface area contributed by atoms with E-state index in [2.05, 4.69) is 19.2 Å². The van der Waals surface area contributed by atoms with Crippen LogP contribution in [0.2, 0.25) is 10.0 Å². The maximum absolute atomic E-state index is 6.04. The van der Waals surface area contributed by atoms with Crippen molar-refractivity contribution in [2.45, 2.75) is 19.9 Å². The molecule has 0 radical (unpaired) electrons. The van der Waals surface area contributed by atoms with Crippen LogP contribution < -0.4 is 5.32 Å². The van der Waals surface area contributed by atoms with E-state index in [4.69, 9.17) is 23.2 Å². The van der Waals surface area contributed by atoms with Crippen LogP contribution in [-0.2, 0) is 0 Å². The van der Waals surface area contributed by atoms with Gasteiger partial charge in [-0.05, 0) is 31.2 Å². The molecule has 1 nitrogen and oxygen atoms in total. The summed E-state index contributed by atoms with van der Waals surface area (Å²) < 4.78 is 0. The van der Waals surface area contributed by atoms with Gasteiger partial charge in [-0.15, -0.1) is 0 Å². The number of halogens is 2. The third kappa shape index (κ3) is 2.87. The summed E-state index contributed by atoms with van der Waals surface area (Å²) in [6, 6.07) is 5.86. The Morgan fingerprint density at radius 1 is 1.38 bits per heavy atom. The van der Waals surface area contributed by atoms with E-state index in [-0.39, 0.29) is 6.04 Å². The molecule has 1 aromatic rings. The summed E-state index contributed by atoms with van der Waals surface area (Å²) in [6.07, 6.45) is 0. The molecular formula is C10H13Cl2N. The van der Waals surface area contributed by atoms with Crippen LogP contribution >= 0.6 is 23.2 Å². The summed E-state index contributed by atoms with van der Waals surface area (Å²) in [5.41, 5.74) is 1.09. The second-order valence-electron chi connectivity index (χ2n) is 2.95. The second kappa shape index (κ2) is 4.85. The van der Waals surface area contributed by atoms with Crippen molar-refractivity contribution in [1.29, 1.82) is 0 Å². The van der Waals surface area contributed by atoms with Gasteiger partial charge in [0, 0.05) is 16.1 Å². The van der Waals surface area contributed by atoms with Crippen molar-refractivity contribution in [3.8, 4) is 0 Å². The maximum Gasteiger partial charge on any atom is 0.0468 e. The van der Waals surface area contributed by atoms with Crippen molar-refractivity contribution in [2.75, 3.05) is 6.54 Å². The molecule has 0 aliphatic carbocycles. The Balaban J connectivity index is 2.88. The minimum absolute atomic E-state index is 0.273. The third-order valence-electron chi connectivity index (χ3n) is 1.94. The van der Waals surface area contributed by atoms with E-state index < -0.39 is 0 Å². The zero-order valence-electron chi connectivity index (χ0n) is 7.77. The van der Waals surface area contributed by atoms with Crippen LogP contribution in [-0.4, -0.2) is 6.54 Å². The maximum atomic E-state index is 6.04. The van der Waals surface area contributed by atoms with E-state index in [1.807, 2.05) is 12.1 Å². The molecule has 0 aliphatic rings. The smallest absolute Gasteiger partial charge is 0.0468 e. The third-order valence-corrected chi connectivity index (χ3v) is 2.50. The van der Waals surface area contributed by atoms with Gasteiger partial charge in [0.25, 0.3) is 0 Å². The molecule has 72 valence electrons. The average molecular weight is 218 g/mol. The van der Waals surface area contributed by atoms with Crippen LogP contribution in [0, 0.1) is 0 Å². The van der Waals surface area contributed by atoms with Crippen molar-refractivity contribution >= 4 is 23.2 Å². The van der Waals surface area contributed by atoms with Gasteiger partial charge in [-0.25, -0.2) is 0 Å². The first kappa shape index (κ1) is 10.8. The lowest BCUT2D eigenvalue weighted by atomic mass is 10.1. The number of rotatable bonds is 3. The summed E-state index contributed by atoms with van der Waals surface area (Å²) in [7, 11) is 0. The topological polar surface area (TPSA) is 12.0 Å². The van der Waals surface area contributed by atoms with Crippen LogP contribution in [0.1, 0.15) is 25.5 Å². The van der Waals surface area contributed by atoms with Crippen molar-refractivity contribution in [1.82, 2.24) is 5.32 Å². The Labute approximate surface area is 89.0 Å². The van der Waals surface area contributed by atoms with E-state index in [0.717, 1.165) is 17.1 Å². The lowest BCUT2D eigenvalue weighted by Gasteiger charge is -2.14. The van der Waals surface area contributed by atoms with Crippen LogP contribution in [0.5, 0.6) is 0 Å². The fourth-order valence-electron chi connectivity index (χ4n) is 1.27. The highest BCUT2D eigenvalue weighted by Gasteiger charge is 2.07. The Kier molecular flexibility index (Phi) is 4.04. The minimum Gasteiger partial charge on any atom is -0.310 e. The quantitative estimate of drug-likeness (QED) is 0.816. The summed E-state index contributed by atoms with van der Waals surface area (Å²) in [5, 5.41) is 4.70. The standard InChI is InChI=1S/C10H13Cl2N/c1-3-13-7(2)9-5-4-8(11)6-10(9)12/h4-7,13H,3H2,1-2H3/t7-/m0/s1. The highest BCUT2D eigenvalue weighted by atomic mass is 35.5. The molecule has 0 unspecified atom stereocenters. The fraction of sp³-hybridized carbons (Fsp3) is 0.400. The van der Waals surface area contributed by atoms with Gasteiger partial charge in [-0.1, -0.05) is 36.2 Å². The predicted octanol–water partition coefficient (Wildman–Crippen LogP) is 3.66. The molecule has 13 heavy (non-hydrogen) atoms. The lowest BCUT2D eigenvalue weighted by Crippen LogP contribution is -2.17. The first-order valence-corrected chi connectivity index (χ1v) is 5.09. The number of hydrogen-bond donors (Lipinski definition) is 1. The molecule has 1 N–H and O–H groups in total. The van der Waals surface area contributed by atoms with E-state index in [1.54, 1.807) is 6.07 Å². The largest absolute Gasteiger partial charge is 0.310 e. The van der Waals surface area contributed by atoms with Gasteiger partial charge in [0.1, 0.15) is 0 Å². The summed E-state index contributed by atoms with van der Waals surface area (Å²) in [6.45, 7) is 5.08. The number of benzene rings is 1. The van der Waals surface area contributed by atoms with Crippen molar-refractivity contribution in [2.24, 2.45) is 0 Å². The Hall–Kier alpha value is -0.240. The van der Waals surface area contributed by atoms with Crippen LogP contribution in [0.15, 0.2) is 18.2 Å². The lowest BCUT2D eigenvalue weighted by molar-refractivity contribution is 0.598. The van der Waals surface area contributed by atoms with Gasteiger partial charge >= 0.3 is 0 Å². The van der Waals surface area contributed by atoms with E-state index >= 15 is 0 Å². The zero-order chi connectivity index (χ0) is 9.84. The Morgan fingerprint density at radius 2 is 2.08 bits per heavy atom. The molecule has 0 saturated heterocycles. The SMILES string of the molecule is CCN[C@@H](C)c1ccc(Cl)cc1Cl. The van der Waals surface area contributed by atoms with Crippen molar-refractivity contribution in [3.63, 3.8) is 0 Å². The molecule has 0 amide bonds. The van der Waals surface area contributed by atoms with Gasteiger partial charge in [0.05, 0.1) is 0 Å². The summed E-state index contributed by atoms with van der Waals surface area (Å²) in [5.74, 6) is 0. The summed E-state index contributed by atoms with van der Waals surface area (Å²) >= 11 is 11.8. The average Bonchev–Trinajstić information content (AvgIpc) is 2.04. The molecule has 1 rings (SSSR count). The molecule has 1 atom stereocenters. The van der Waals surface area contributed by atoms with Crippen LogP contribution in [0.25, 0.3) is 0 Å². The summed E-state index contributed by atoms with van der Waals surface area (Å²) in [4.78, 5) is 0. The predicted molar refractivity (Wildman–Crippen MR) is 58.6 cm³/mol. The fourth-order valence-corrected chi connectivity index (χ4v) is 1.84. The van der Waals surface area contributed by atoms with Crippen LogP contribution in [0.4, 0.5) is 0 Å².